The normalized spacial score (nSPS) is 12.8. The second-order valence-electron chi connectivity index (χ2n) is 7.81. The standard InChI is InChI=1S/C24H20N4O3S2/c1-14-17-11-20(33-23(17)28(27-14)15-7-3-2-4-8-15)24(30)31-13-21(29)26-22-18(12-25)16-9-5-6-10-19(16)32-22/h2-4,7-8,11H,5-6,9-10,13H2,1H3,(H,26,29). The summed E-state index contributed by atoms with van der Waals surface area (Å²) >= 11 is 2.73. The minimum Gasteiger partial charge on any atom is -0.451 e. The van der Waals surface area contributed by atoms with Gasteiger partial charge in [-0.15, -0.1) is 22.7 Å². The number of fused-ring (bicyclic) bond motifs is 2. The fraction of sp³-hybridized carbons (Fsp3) is 0.250. The Kier molecular flexibility index (Phi) is 5.70. The smallest absolute Gasteiger partial charge is 0.348 e. The van der Waals surface area contributed by atoms with Crippen LogP contribution < -0.4 is 5.32 Å². The van der Waals surface area contributed by atoms with Gasteiger partial charge in [0, 0.05) is 10.3 Å². The molecule has 33 heavy (non-hydrogen) atoms. The van der Waals surface area contributed by atoms with Gasteiger partial charge in [-0.2, -0.15) is 10.4 Å². The number of carbonyl (C=O) groups excluding carboxylic acids is 2. The Morgan fingerprint density at radius 3 is 2.79 bits per heavy atom. The third kappa shape index (κ3) is 4.03. The van der Waals surface area contributed by atoms with Crippen molar-refractivity contribution in [3.05, 3.63) is 63.0 Å². The highest BCUT2D eigenvalue weighted by molar-refractivity contribution is 7.20. The van der Waals surface area contributed by atoms with Crippen LogP contribution >= 0.6 is 22.7 Å². The number of hydrogen-bond donors (Lipinski definition) is 1. The van der Waals surface area contributed by atoms with Gasteiger partial charge in [-0.05, 0) is 56.4 Å². The Hall–Kier alpha value is -3.48. The van der Waals surface area contributed by atoms with Gasteiger partial charge < -0.3 is 10.1 Å². The SMILES string of the molecule is Cc1nn(-c2ccccc2)c2sc(C(=O)OCC(=O)Nc3sc4c(c3C#N)CCCC4)cc12. The number of benzene rings is 1. The predicted octanol–water partition coefficient (Wildman–Crippen LogP) is 5.00. The minimum absolute atomic E-state index is 0.410. The average molecular weight is 477 g/mol. The van der Waals surface area contributed by atoms with Crippen molar-refractivity contribution in [2.45, 2.75) is 32.6 Å². The second kappa shape index (κ2) is 8.81. The van der Waals surface area contributed by atoms with E-state index in [2.05, 4.69) is 16.5 Å². The Bertz CT molecular complexity index is 1410. The van der Waals surface area contributed by atoms with Crippen molar-refractivity contribution in [3.63, 3.8) is 0 Å². The summed E-state index contributed by atoms with van der Waals surface area (Å²) < 4.78 is 7.08. The van der Waals surface area contributed by atoms with Gasteiger partial charge in [0.1, 0.15) is 20.8 Å². The zero-order valence-corrected chi connectivity index (χ0v) is 19.5. The van der Waals surface area contributed by atoms with Crippen LogP contribution in [0.2, 0.25) is 0 Å². The van der Waals surface area contributed by atoms with Gasteiger partial charge >= 0.3 is 5.97 Å². The molecular weight excluding hydrogens is 456 g/mol. The molecule has 1 aliphatic rings. The van der Waals surface area contributed by atoms with Crippen LogP contribution in [0.4, 0.5) is 5.00 Å². The number of rotatable bonds is 5. The van der Waals surface area contributed by atoms with Crippen LogP contribution in [0.5, 0.6) is 0 Å². The molecular formula is C24H20N4O3S2. The van der Waals surface area contributed by atoms with Crippen LogP contribution in [0.1, 0.15) is 44.2 Å². The van der Waals surface area contributed by atoms with Crippen LogP contribution in [-0.2, 0) is 22.4 Å². The number of nitriles is 1. The molecule has 1 aliphatic carbocycles. The van der Waals surface area contributed by atoms with Crippen molar-refractivity contribution in [1.29, 1.82) is 5.26 Å². The molecule has 0 radical (unpaired) electrons. The zero-order valence-electron chi connectivity index (χ0n) is 17.9. The van der Waals surface area contributed by atoms with E-state index in [-0.39, 0.29) is 0 Å². The van der Waals surface area contributed by atoms with Crippen molar-refractivity contribution >= 4 is 49.8 Å². The van der Waals surface area contributed by atoms with E-state index in [4.69, 9.17) is 4.74 Å². The van der Waals surface area contributed by atoms with Crippen LogP contribution in [-0.4, -0.2) is 28.3 Å². The largest absolute Gasteiger partial charge is 0.451 e. The summed E-state index contributed by atoms with van der Waals surface area (Å²) in [5.41, 5.74) is 3.31. The summed E-state index contributed by atoms with van der Waals surface area (Å²) in [6.45, 7) is 1.48. The molecule has 0 aliphatic heterocycles. The summed E-state index contributed by atoms with van der Waals surface area (Å²) in [4.78, 5) is 27.5. The van der Waals surface area contributed by atoms with Crippen molar-refractivity contribution in [2.75, 3.05) is 11.9 Å². The first-order valence-corrected chi connectivity index (χ1v) is 12.2. The van der Waals surface area contributed by atoms with E-state index >= 15 is 0 Å². The first kappa shape index (κ1) is 21.4. The molecule has 1 aromatic carbocycles. The lowest BCUT2D eigenvalue weighted by molar-refractivity contribution is -0.119. The maximum Gasteiger partial charge on any atom is 0.348 e. The van der Waals surface area contributed by atoms with E-state index < -0.39 is 18.5 Å². The Labute approximate surface area is 198 Å². The molecule has 0 saturated carbocycles. The number of hydrogen-bond acceptors (Lipinski definition) is 7. The fourth-order valence-corrected chi connectivity index (χ4v) is 6.36. The summed E-state index contributed by atoms with van der Waals surface area (Å²) in [6, 6.07) is 13.7. The third-order valence-corrected chi connectivity index (χ3v) is 7.91. The molecule has 0 saturated heterocycles. The molecule has 0 unspecified atom stereocenters. The number of aromatic nitrogens is 2. The third-order valence-electron chi connectivity index (χ3n) is 5.62. The molecule has 0 bridgehead atoms. The molecule has 166 valence electrons. The van der Waals surface area contributed by atoms with Gasteiger partial charge in [0.2, 0.25) is 0 Å². The number of aryl methyl sites for hydroxylation is 2. The van der Waals surface area contributed by atoms with E-state index in [1.807, 2.05) is 37.3 Å². The minimum atomic E-state index is -0.559. The quantitative estimate of drug-likeness (QED) is 0.409. The van der Waals surface area contributed by atoms with Crippen molar-refractivity contribution < 1.29 is 14.3 Å². The van der Waals surface area contributed by atoms with E-state index in [1.54, 1.807) is 10.7 Å². The number of nitrogens with zero attached hydrogens (tertiary/aromatic N) is 3. The summed E-state index contributed by atoms with van der Waals surface area (Å²) in [7, 11) is 0. The molecule has 3 aromatic heterocycles. The molecule has 3 heterocycles. The molecule has 9 heteroatoms. The summed E-state index contributed by atoms with van der Waals surface area (Å²) in [6.07, 6.45) is 3.96. The van der Waals surface area contributed by atoms with E-state index in [9.17, 15) is 14.9 Å². The molecule has 0 fully saturated rings. The highest BCUT2D eigenvalue weighted by Crippen LogP contribution is 2.37. The Morgan fingerprint density at radius 1 is 1.21 bits per heavy atom. The number of anilines is 1. The molecule has 1 N–H and O–H groups in total. The number of carbonyl (C=O) groups is 2. The Balaban J connectivity index is 1.28. The number of amides is 1. The van der Waals surface area contributed by atoms with Crippen molar-refractivity contribution in [3.8, 4) is 11.8 Å². The lowest BCUT2D eigenvalue weighted by Crippen LogP contribution is -2.20. The van der Waals surface area contributed by atoms with Crippen LogP contribution in [0.25, 0.3) is 15.9 Å². The maximum absolute atomic E-state index is 12.6. The molecule has 0 spiro atoms. The molecule has 1 amide bonds. The monoisotopic (exact) mass is 476 g/mol. The number of esters is 1. The van der Waals surface area contributed by atoms with Gasteiger partial charge in [-0.25, -0.2) is 9.48 Å². The second-order valence-corrected chi connectivity index (χ2v) is 9.95. The summed E-state index contributed by atoms with van der Waals surface area (Å²) in [5.74, 6) is -1.01. The average Bonchev–Trinajstić information content (AvgIpc) is 3.50. The Morgan fingerprint density at radius 2 is 2.00 bits per heavy atom. The number of ether oxygens (including phenoxy) is 1. The van der Waals surface area contributed by atoms with Gasteiger partial charge in [0.05, 0.1) is 16.9 Å². The predicted molar refractivity (Wildman–Crippen MR) is 128 cm³/mol. The highest BCUT2D eigenvalue weighted by Gasteiger charge is 2.23. The first-order chi connectivity index (χ1) is 16.0. The number of para-hydroxylation sites is 1. The van der Waals surface area contributed by atoms with E-state index in [1.165, 1.54) is 27.6 Å². The summed E-state index contributed by atoms with van der Waals surface area (Å²) in [5, 5.41) is 18.3. The van der Waals surface area contributed by atoms with Gasteiger partial charge in [-0.1, -0.05) is 18.2 Å². The lowest BCUT2D eigenvalue weighted by atomic mass is 9.96. The van der Waals surface area contributed by atoms with Crippen molar-refractivity contribution in [2.24, 2.45) is 0 Å². The van der Waals surface area contributed by atoms with Gasteiger partial charge in [0.25, 0.3) is 5.91 Å². The fourth-order valence-electron chi connectivity index (χ4n) is 4.03. The van der Waals surface area contributed by atoms with Crippen molar-refractivity contribution in [1.82, 2.24) is 9.78 Å². The highest BCUT2D eigenvalue weighted by atomic mass is 32.1. The molecule has 0 atom stereocenters. The number of nitrogens with one attached hydrogen (secondary N) is 1. The van der Waals surface area contributed by atoms with Gasteiger partial charge in [0.15, 0.2) is 6.61 Å². The van der Waals surface area contributed by atoms with Crippen LogP contribution in [0.15, 0.2) is 36.4 Å². The molecule has 7 nitrogen and oxygen atoms in total. The van der Waals surface area contributed by atoms with Crippen LogP contribution in [0, 0.1) is 18.3 Å². The molecule has 5 rings (SSSR count). The lowest BCUT2D eigenvalue weighted by Gasteiger charge is -2.09. The first-order valence-electron chi connectivity index (χ1n) is 10.6. The zero-order chi connectivity index (χ0) is 22.9. The maximum atomic E-state index is 12.6. The van der Waals surface area contributed by atoms with Crippen LogP contribution in [0.3, 0.4) is 0 Å². The topological polar surface area (TPSA) is 97.0 Å². The number of thiophene rings is 2. The van der Waals surface area contributed by atoms with E-state index in [0.29, 0.717) is 15.4 Å². The molecule has 4 aromatic rings. The van der Waals surface area contributed by atoms with Gasteiger partial charge in [-0.3, -0.25) is 4.79 Å². The van der Waals surface area contributed by atoms with E-state index in [0.717, 1.165) is 52.8 Å².